The fraction of sp³-hybridized carbons (Fsp3) is 0.300. The first-order chi connectivity index (χ1) is 8.15. The zero-order chi connectivity index (χ0) is 12.3. The van der Waals surface area contributed by atoms with Crippen molar-refractivity contribution in [3.8, 4) is 0 Å². The molecule has 0 unspecified atom stereocenters. The smallest absolute Gasteiger partial charge is 0.355 e. The number of aromatic nitrogens is 2. The van der Waals surface area contributed by atoms with E-state index in [-0.39, 0.29) is 5.69 Å². The minimum Gasteiger partial charge on any atom is -0.476 e. The third kappa shape index (κ3) is 3.24. The number of carboxylic acid groups (broad SMARTS) is 1. The second-order valence-corrected chi connectivity index (χ2v) is 5.20. The largest absolute Gasteiger partial charge is 0.476 e. The van der Waals surface area contributed by atoms with Crippen LogP contribution in [0.15, 0.2) is 10.8 Å². The predicted octanol–water partition coefficient (Wildman–Crippen LogP) is 2.26. The summed E-state index contributed by atoms with van der Waals surface area (Å²) in [6.07, 6.45) is 0.705. The van der Waals surface area contributed by atoms with Crippen molar-refractivity contribution in [3.05, 3.63) is 27.2 Å². The summed E-state index contributed by atoms with van der Waals surface area (Å²) in [6, 6.07) is 0. The van der Waals surface area contributed by atoms with E-state index in [4.69, 9.17) is 5.11 Å². The van der Waals surface area contributed by atoms with Gasteiger partial charge in [0.05, 0.1) is 10.7 Å². The van der Waals surface area contributed by atoms with Crippen molar-refractivity contribution in [1.29, 1.82) is 0 Å². The Bertz CT molecular complexity index is 521. The van der Waals surface area contributed by atoms with Crippen molar-refractivity contribution >= 4 is 33.8 Å². The van der Waals surface area contributed by atoms with Crippen molar-refractivity contribution < 1.29 is 9.90 Å². The average Bonchev–Trinajstić information content (AvgIpc) is 2.88. The van der Waals surface area contributed by atoms with Crippen molar-refractivity contribution in [2.45, 2.75) is 13.3 Å². The predicted molar refractivity (Wildman–Crippen MR) is 68.1 cm³/mol. The Balaban J connectivity index is 1.83. The van der Waals surface area contributed by atoms with Crippen LogP contribution < -0.4 is 5.32 Å². The Hall–Kier alpha value is -1.47. The third-order valence-corrected chi connectivity index (χ3v) is 3.83. The summed E-state index contributed by atoms with van der Waals surface area (Å²) >= 11 is 2.93. The molecule has 0 aliphatic heterocycles. The first-order valence-electron chi connectivity index (χ1n) is 4.99. The molecule has 2 aromatic heterocycles. The molecule has 0 fully saturated rings. The lowest BCUT2D eigenvalue weighted by Gasteiger charge is -1.99. The van der Waals surface area contributed by atoms with Crippen LogP contribution in [0.3, 0.4) is 0 Å². The third-order valence-electron chi connectivity index (χ3n) is 2.00. The highest BCUT2D eigenvalue weighted by molar-refractivity contribution is 7.13. The van der Waals surface area contributed by atoms with E-state index in [1.807, 2.05) is 12.3 Å². The SMILES string of the molecule is Cc1csc(NCCc2nc(C(=O)O)cs2)n1. The molecule has 2 rings (SSSR count). The molecular formula is C10H11N3O2S2. The van der Waals surface area contributed by atoms with Crippen LogP contribution in [0, 0.1) is 6.92 Å². The van der Waals surface area contributed by atoms with Crippen LogP contribution in [0.4, 0.5) is 5.13 Å². The van der Waals surface area contributed by atoms with Gasteiger partial charge in [0, 0.05) is 23.7 Å². The van der Waals surface area contributed by atoms with Gasteiger partial charge in [-0.3, -0.25) is 0 Å². The lowest BCUT2D eigenvalue weighted by molar-refractivity contribution is 0.0691. The maximum Gasteiger partial charge on any atom is 0.355 e. The van der Waals surface area contributed by atoms with E-state index in [1.54, 1.807) is 16.7 Å². The van der Waals surface area contributed by atoms with Crippen LogP contribution in [0.2, 0.25) is 0 Å². The van der Waals surface area contributed by atoms with Crippen LogP contribution >= 0.6 is 22.7 Å². The Kier molecular flexibility index (Phi) is 3.70. The molecule has 90 valence electrons. The average molecular weight is 269 g/mol. The van der Waals surface area contributed by atoms with Crippen LogP contribution in [-0.2, 0) is 6.42 Å². The number of anilines is 1. The van der Waals surface area contributed by atoms with Gasteiger partial charge in [-0.1, -0.05) is 0 Å². The second kappa shape index (κ2) is 5.24. The van der Waals surface area contributed by atoms with Gasteiger partial charge in [0.1, 0.15) is 0 Å². The van der Waals surface area contributed by atoms with Crippen molar-refractivity contribution in [2.75, 3.05) is 11.9 Å². The van der Waals surface area contributed by atoms with E-state index in [0.717, 1.165) is 15.8 Å². The maximum absolute atomic E-state index is 10.6. The number of aromatic carboxylic acids is 1. The lowest BCUT2D eigenvalue weighted by Crippen LogP contribution is -2.05. The lowest BCUT2D eigenvalue weighted by atomic mass is 10.4. The highest BCUT2D eigenvalue weighted by Gasteiger charge is 2.08. The molecule has 2 heterocycles. The zero-order valence-electron chi connectivity index (χ0n) is 9.14. The fourth-order valence-electron chi connectivity index (χ4n) is 1.24. The summed E-state index contributed by atoms with van der Waals surface area (Å²) < 4.78 is 0. The second-order valence-electron chi connectivity index (χ2n) is 3.40. The molecule has 5 nitrogen and oxygen atoms in total. The van der Waals surface area contributed by atoms with Crippen LogP contribution in [0.5, 0.6) is 0 Å². The molecule has 0 aliphatic carbocycles. The number of nitrogens with zero attached hydrogens (tertiary/aromatic N) is 2. The van der Waals surface area contributed by atoms with Crippen LogP contribution in [-0.4, -0.2) is 27.6 Å². The van der Waals surface area contributed by atoms with Crippen LogP contribution in [0.1, 0.15) is 21.2 Å². The van der Waals surface area contributed by atoms with Crippen LogP contribution in [0.25, 0.3) is 0 Å². The van der Waals surface area contributed by atoms with Crippen molar-refractivity contribution in [1.82, 2.24) is 9.97 Å². The van der Waals surface area contributed by atoms with E-state index in [1.165, 1.54) is 11.3 Å². The Morgan fingerprint density at radius 1 is 1.41 bits per heavy atom. The standard InChI is InChI=1S/C10H11N3O2S2/c1-6-4-17-10(12-6)11-3-2-8-13-7(5-16-8)9(14)15/h4-5H,2-3H2,1H3,(H,11,12)(H,14,15). The molecule has 17 heavy (non-hydrogen) atoms. The fourth-order valence-corrected chi connectivity index (χ4v) is 2.72. The highest BCUT2D eigenvalue weighted by atomic mass is 32.1. The quantitative estimate of drug-likeness (QED) is 0.870. The number of carboxylic acids is 1. The van der Waals surface area contributed by atoms with Gasteiger partial charge in [-0.25, -0.2) is 14.8 Å². The molecule has 0 aliphatic rings. The topological polar surface area (TPSA) is 75.1 Å². The molecule has 0 atom stereocenters. The number of aryl methyl sites for hydroxylation is 1. The Labute approximate surface area is 106 Å². The monoisotopic (exact) mass is 269 g/mol. The summed E-state index contributed by atoms with van der Waals surface area (Å²) in [4.78, 5) is 18.9. The number of rotatable bonds is 5. The summed E-state index contributed by atoms with van der Waals surface area (Å²) in [5.41, 5.74) is 1.12. The van der Waals surface area contributed by atoms with Crippen molar-refractivity contribution in [2.24, 2.45) is 0 Å². The highest BCUT2D eigenvalue weighted by Crippen LogP contribution is 2.15. The van der Waals surface area contributed by atoms with E-state index in [2.05, 4.69) is 15.3 Å². The molecule has 2 N–H and O–H groups in total. The maximum atomic E-state index is 10.6. The molecule has 0 radical (unpaired) electrons. The molecular weight excluding hydrogens is 258 g/mol. The number of thiazole rings is 2. The molecule has 2 aromatic rings. The van der Waals surface area contributed by atoms with Gasteiger partial charge in [0.15, 0.2) is 10.8 Å². The molecule has 0 saturated heterocycles. The Morgan fingerprint density at radius 2 is 2.24 bits per heavy atom. The number of nitrogens with one attached hydrogen (secondary N) is 1. The normalized spacial score (nSPS) is 10.4. The molecule has 7 heteroatoms. The van der Waals surface area contributed by atoms with Gasteiger partial charge >= 0.3 is 5.97 Å². The van der Waals surface area contributed by atoms with E-state index in [0.29, 0.717) is 13.0 Å². The molecule has 0 bridgehead atoms. The van der Waals surface area contributed by atoms with Gasteiger partial charge in [-0.05, 0) is 6.92 Å². The molecule has 0 amide bonds. The summed E-state index contributed by atoms with van der Waals surface area (Å²) in [6.45, 7) is 2.65. The van der Waals surface area contributed by atoms with Gasteiger partial charge < -0.3 is 10.4 Å². The molecule has 0 saturated carbocycles. The van der Waals surface area contributed by atoms with Gasteiger partial charge in [-0.15, -0.1) is 22.7 Å². The summed E-state index contributed by atoms with van der Waals surface area (Å²) in [5.74, 6) is -0.976. The molecule has 0 aromatic carbocycles. The number of carbonyl (C=O) groups is 1. The van der Waals surface area contributed by atoms with Gasteiger partial charge in [-0.2, -0.15) is 0 Å². The molecule has 0 spiro atoms. The zero-order valence-corrected chi connectivity index (χ0v) is 10.8. The number of hydrogen-bond acceptors (Lipinski definition) is 6. The van der Waals surface area contributed by atoms with E-state index in [9.17, 15) is 4.79 Å². The first-order valence-corrected chi connectivity index (χ1v) is 6.75. The minimum atomic E-state index is -0.976. The first kappa shape index (κ1) is 12.0. The summed E-state index contributed by atoms with van der Waals surface area (Å²) in [5, 5.41) is 17.2. The van der Waals surface area contributed by atoms with E-state index < -0.39 is 5.97 Å². The summed E-state index contributed by atoms with van der Waals surface area (Å²) in [7, 11) is 0. The van der Waals surface area contributed by atoms with Gasteiger partial charge in [0.2, 0.25) is 0 Å². The minimum absolute atomic E-state index is 0.120. The number of hydrogen-bond donors (Lipinski definition) is 2. The Morgan fingerprint density at radius 3 is 2.82 bits per heavy atom. The van der Waals surface area contributed by atoms with Gasteiger partial charge in [0.25, 0.3) is 0 Å². The van der Waals surface area contributed by atoms with Crippen molar-refractivity contribution in [3.63, 3.8) is 0 Å². The van der Waals surface area contributed by atoms with E-state index >= 15 is 0 Å².